The van der Waals surface area contributed by atoms with E-state index >= 15 is 0 Å². The van der Waals surface area contributed by atoms with Gasteiger partial charge in [-0.25, -0.2) is 4.68 Å². The van der Waals surface area contributed by atoms with Gasteiger partial charge in [0, 0.05) is 12.1 Å². The summed E-state index contributed by atoms with van der Waals surface area (Å²) in [4.78, 5) is 12.0. The molecule has 2 aromatic rings. The van der Waals surface area contributed by atoms with Gasteiger partial charge in [-0.2, -0.15) is 0 Å². The summed E-state index contributed by atoms with van der Waals surface area (Å²) in [5.41, 5.74) is 1.74. The van der Waals surface area contributed by atoms with Crippen molar-refractivity contribution in [1.82, 2.24) is 20.3 Å². The van der Waals surface area contributed by atoms with Crippen molar-refractivity contribution >= 4 is 5.91 Å². The molecule has 2 unspecified atom stereocenters. The lowest BCUT2D eigenvalue weighted by Crippen LogP contribution is -2.34. The number of aliphatic hydroxyl groups excluding tert-OH is 1. The standard InChI is InChI=1S/C17H22N4O2/c22-15-8-4-5-13(9-15)10-18-17(23)12-21-11-16(19-20-21)14-6-2-1-3-7-14/h1-3,6-7,11,13,15,22H,4-5,8-10,12H2,(H,18,23). The van der Waals surface area contributed by atoms with Gasteiger partial charge in [-0.1, -0.05) is 42.0 Å². The summed E-state index contributed by atoms with van der Waals surface area (Å²) >= 11 is 0. The molecule has 1 aromatic carbocycles. The Morgan fingerprint density at radius 2 is 2.13 bits per heavy atom. The van der Waals surface area contributed by atoms with Crippen LogP contribution in [-0.4, -0.2) is 38.7 Å². The Morgan fingerprint density at radius 1 is 1.30 bits per heavy atom. The minimum atomic E-state index is -0.214. The quantitative estimate of drug-likeness (QED) is 0.879. The number of aromatic nitrogens is 3. The zero-order valence-corrected chi connectivity index (χ0v) is 13.1. The molecule has 2 atom stereocenters. The lowest BCUT2D eigenvalue weighted by molar-refractivity contribution is -0.122. The molecule has 1 heterocycles. The van der Waals surface area contributed by atoms with Crippen molar-refractivity contribution in [2.75, 3.05) is 6.54 Å². The molecule has 6 nitrogen and oxygen atoms in total. The highest BCUT2D eigenvalue weighted by molar-refractivity contribution is 5.75. The van der Waals surface area contributed by atoms with Crippen molar-refractivity contribution in [1.29, 1.82) is 0 Å². The van der Waals surface area contributed by atoms with Gasteiger partial charge < -0.3 is 10.4 Å². The molecule has 1 amide bonds. The Bertz CT molecular complexity index is 641. The van der Waals surface area contributed by atoms with Crippen molar-refractivity contribution in [2.24, 2.45) is 5.92 Å². The van der Waals surface area contributed by atoms with Crippen molar-refractivity contribution in [3.8, 4) is 11.3 Å². The summed E-state index contributed by atoms with van der Waals surface area (Å²) in [5, 5.41) is 20.7. The van der Waals surface area contributed by atoms with E-state index in [9.17, 15) is 9.90 Å². The summed E-state index contributed by atoms with van der Waals surface area (Å²) in [6.45, 7) is 0.783. The molecule has 23 heavy (non-hydrogen) atoms. The van der Waals surface area contributed by atoms with Crippen LogP contribution in [0.4, 0.5) is 0 Å². The Morgan fingerprint density at radius 3 is 2.91 bits per heavy atom. The molecule has 1 aromatic heterocycles. The molecule has 1 aliphatic carbocycles. The fraction of sp³-hybridized carbons (Fsp3) is 0.471. The first-order valence-corrected chi connectivity index (χ1v) is 8.11. The highest BCUT2D eigenvalue weighted by atomic mass is 16.3. The van der Waals surface area contributed by atoms with E-state index in [1.807, 2.05) is 30.3 Å². The fourth-order valence-corrected chi connectivity index (χ4v) is 3.03. The number of benzene rings is 1. The highest BCUT2D eigenvalue weighted by Crippen LogP contribution is 2.23. The minimum absolute atomic E-state index is 0.0745. The zero-order valence-electron chi connectivity index (χ0n) is 13.1. The first-order valence-electron chi connectivity index (χ1n) is 8.11. The molecule has 2 N–H and O–H groups in total. The van der Waals surface area contributed by atoms with Gasteiger partial charge in [0.05, 0.1) is 12.3 Å². The van der Waals surface area contributed by atoms with Gasteiger partial charge in [-0.3, -0.25) is 4.79 Å². The van der Waals surface area contributed by atoms with E-state index in [4.69, 9.17) is 0 Å². The number of rotatable bonds is 5. The molecule has 0 spiro atoms. The van der Waals surface area contributed by atoms with Crippen LogP contribution in [0.15, 0.2) is 36.5 Å². The number of carbonyl (C=O) groups is 1. The van der Waals surface area contributed by atoms with Crippen molar-refractivity contribution in [2.45, 2.75) is 38.3 Å². The molecule has 1 aliphatic rings. The third kappa shape index (κ3) is 4.39. The maximum Gasteiger partial charge on any atom is 0.241 e. The van der Waals surface area contributed by atoms with E-state index in [0.29, 0.717) is 12.5 Å². The lowest BCUT2D eigenvalue weighted by Gasteiger charge is -2.25. The van der Waals surface area contributed by atoms with E-state index in [2.05, 4.69) is 15.6 Å². The molecule has 3 rings (SSSR count). The van der Waals surface area contributed by atoms with Gasteiger partial charge in [0.1, 0.15) is 12.2 Å². The second kappa shape index (κ2) is 7.37. The minimum Gasteiger partial charge on any atom is -0.393 e. The predicted octanol–water partition coefficient (Wildman–Crippen LogP) is 1.61. The van der Waals surface area contributed by atoms with Crippen LogP contribution in [-0.2, 0) is 11.3 Å². The molecule has 1 fully saturated rings. The summed E-state index contributed by atoms with van der Waals surface area (Å²) < 4.78 is 1.55. The highest BCUT2D eigenvalue weighted by Gasteiger charge is 2.20. The van der Waals surface area contributed by atoms with Crippen molar-refractivity contribution < 1.29 is 9.90 Å². The van der Waals surface area contributed by atoms with Gasteiger partial charge >= 0.3 is 0 Å². The smallest absolute Gasteiger partial charge is 0.241 e. The Hall–Kier alpha value is -2.21. The summed E-state index contributed by atoms with van der Waals surface area (Å²) in [5.74, 6) is 0.299. The van der Waals surface area contributed by atoms with Crippen LogP contribution in [0.1, 0.15) is 25.7 Å². The number of hydrogen-bond acceptors (Lipinski definition) is 4. The lowest BCUT2D eigenvalue weighted by atomic mass is 9.87. The number of aliphatic hydroxyl groups is 1. The molecule has 0 aliphatic heterocycles. The average Bonchev–Trinajstić information content (AvgIpc) is 3.02. The van der Waals surface area contributed by atoms with Crippen LogP contribution in [0.25, 0.3) is 11.3 Å². The molecule has 1 saturated carbocycles. The van der Waals surface area contributed by atoms with E-state index in [-0.39, 0.29) is 18.6 Å². The predicted molar refractivity (Wildman–Crippen MR) is 86.4 cm³/mol. The maximum absolute atomic E-state index is 12.0. The number of carbonyl (C=O) groups excluding carboxylic acids is 1. The maximum atomic E-state index is 12.0. The van der Waals surface area contributed by atoms with Gasteiger partial charge in [0.2, 0.25) is 5.91 Å². The second-order valence-electron chi connectivity index (χ2n) is 6.16. The van der Waals surface area contributed by atoms with Gasteiger partial charge in [0.15, 0.2) is 0 Å². The Balaban J connectivity index is 1.49. The molecule has 0 radical (unpaired) electrons. The normalized spacial score (nSPS) is 21.1. The first kappa shape index (κ1) is 15.7. The monoisotopic (exact) mass is 314 g/mol. The SMILES string of the molecule is O=C(Cn1cc(-c2ccccc2)nn1)NCC1CCCC(O)C1. The van der Waals surface area contributed by atoms with E-state index < -0.39 is 0 Å². The topological polar surface area (TPSA) is 80.0 Å². The van der Waals surface area contributed by atoms with Gasteiger partial charge in [-0.15, -0.1) is 5.10 Å². The fourth-order valence-electron chi connectivity index (χ4n) is 3.03. The first-order chi connectivity index (χ1) is 11.2. The van der Waals surface area contributed by atoms with Crippen molar-refractivity contribution in [3.05, 3.63) is 36.5 Å². The summed E-state index contributed by atoms with van der Waals surface area (Å²) in [6, 6.07) is 9.76. The molecule has 122 valence electrons. The molecular formula is C17H22N4O2. The van der Waals surface area contributed by atoms with E-state index in [1.54, 1.807) is 10.9 Å². The zero-order chi connectivity index (χ0) is 16.1. The van der Waals surface area contributed by atoms with E-state index in [1.165, 1.54) is 0 Å². The molecule has 6 heteroatoms. The van der Waals surface area contributed by atoms with Crippen LogP contribution in [0.3, 0.4) is 0 Å². The van der Waals surface area contributed by atoms with Crippen molar-refractivity contribution in [3.63, 3.8) is 0 Å². The third-order valence-electron chi connectivity index (χ3n) is 4.26. The van der Waals surface area contributed by atoms with Gasteiger partial charge in [0.25, 0.3) is 0 Å². The largest absolute Gasteiger partial charge is 0.393 e. The van der Waals surface area contributed by atoms with Gasteiger partial charge in [-0.05, 0) is 25.2 Å². The van der Waals surface area contributed by atoms with Crippen LogP contribution in [0, 0.1) is 5.92 Å². The molecule has 0 saturated heterocycles. The number of amides is 1. The molecular weight excluding hydrogens is 292 g/mol. The number of nitrogens with zero attached hydrogens (tertiary/aromatic N) is 3. The molecule has 0 bridgehead atoms. The second-order valence-corrected chi connectivity index (χ2v) is 6.16. The van der Waals surface area contributed by atoms with Crippen LogP contribution in [0.2, 0.25) is 0 Å². The number of hydrogen-bond donors (Lipinski definition) is 2. The Kier molecular flexibility index (Phi) is 5.02. The summed E-state index contributed by atoms with van der Waals surface area (Å²) in [6.07, 6.45) is 5.32. The van der Waals surface area contributed by atoms with Crippen LogP contribution < -0.4 is 5.32 Å². The third-order valence-corrected chi connectivity index (χ3v) is 4.26. The van der Waals surface area contributed by atoms with E-state index in [0.717, 1.165) is 36.9 Å². The Labute approximate surface area is 135 Å². The number of nitrogens with one attached hydrogen (secondary N) is 1. The summed E-state index contributed by atoms with van der Waals surface area (Å²) in [7, 11) is 0. The average molecular weight is 314 g/mol. The van der Waals surface area contributed by atoms with Crippen LogP contribution in [0.5, 0.6) is 0 Å². The van der Waals surface area contributed by atoms with Crippen LogP contribution >= 0.6 is 0 Å².